The average molecular weight is 1480 g/mol. The van der Waals surface area contributed by atoms with Crippen molar-refractivity contribution in [1.82, 2.24) is 29.9 Å². The van der Waals surface area contributed by atoms with E-state index in [0.29, 0.717) is 11.6 Å². The molecule has 540 valence electrons. The molecular weight excluding hydrogens is 1420 g/mol. The Kier molecular flexibility index (Phi) is 15.4. The number of furan rings is 4. The van der Waals surface area contributed by atoms with Gasteiger partial charge in [0.15, 0.2) is 11.6 Å². The van der Waals surface area contributed by atoms with E-state index in [1.165, 1.54) is 0 Å². The summed E-state index contributed by atoms with van der Waals surface area (Å²) in [6.07, 6.45) is 0. The zero-order chi connectivity index (χ0) is 76.3. The molecule has 0 spiro atoms. The summed E-state index contributed by atoms with van der Waals surface area (Å²) in [4.78, 5) is 31.7. The zero-order valence-corrected chi connectivity index (χ0v) is 62.1. The molecule has 0 radical (unpaired) electrons. The maximum atomic E-state index is 6.44. The van der Waals surface area contributed by atoms with Crippen LogP contribution in [0.2, 0.25) is 0 Å². The van der Waals surface area contributed by atoms with Crippen molar-refractivity contribution in [3.05, 3.63) is 376 Å². The second kappa shape index (κ2) is 27.0. The number of para-hydroxylation sites is 7. The molecule has 24 aromatic rings. The number of pyridine rings is 2. The molecule has 10 nitrogen and oxygen atoms in total. The van der Waals surface area contributed by atoms with Gasteiger partial charge < -0.3 is 17.7 Å². The molecule has 16 aromatic carbocycles. The Labute approximate surface area is 663 Å². The number of benzene rings is 16. The summed E-state index contributed by atoms with van der Waals surface area (Å²) < 4.78 is 25.5. The third-order valence-electron chi connectivity index (χ3n) is 22.6. The molecule has 10 heteroatoms. The van der Waals surface area contributed by atoms with Gasteiger partial charge in [0.25, 0.3) is 0 Å². The van der Waals surface area contributed by atoms with E-state index in [2.05, 4.69) is 249 Å². The van der Waals surface area contributed by atoms with Crippen molar-refractivity contribution in [3.63, 3.8) is 0 Å². The van der Waals surface area contributed by atoms with Crippen LogP contribution in [0.25, 0.3) is 244 Å². The van der Waals surface area contributed by atoms with E-state index < -0.39 is 0 Å². The summed E-state index contributed by atoms with van der Waals surface area (Å²) >= 11 is 0. The van der Waals surface area contributed by atoms with Gasteiger partial charge in [-0.25, -0.2) is 29.9 Å². The van der Waals surface area contributed by atoms with E-state index in [4.69, 9.17) is 47.6 Å². The Balaban J connectivity index is 0.000000137. The molecule has 0 fully saturated rings. The summed E-state index contributed by atoms with van der Waals surface area (Å²) in [7, 11) is 0. The second-order valence-corrected chi connectivity index (χ2v) is 29.3. The predicted octanol–water partition coefficient (Wildman–Crippen LogP) is 28.6. The summed E-state index contributed by atoms with van der Waals surface area (Å²) in [6, 6.07) is 130. The van der Waals surface area contributed by atoms with Crippen LogP contribution >= 0.6 is 0 Å². The monoisotopic (exact) mass is 1480 g/mol. The van der Waals surface area contributed by atoms with Gasteiger partial charge in [0.2, 0.25) is 0 Å². The third-order valence-corrected chi connectivity index (χ3v) is 22.6. The highest BCUT2D eigenvalue weighted by Crippen LogP contribution is 2.48. The fourth-order valence-corrected chi connectivity index (χ4v) is 17.2. The van der Waals surface area contributed by atoms with E-state index in [9.17, 15) is 0 Å². The first-order valence-corrected chi connectivity index (χ1v) is 38.9. The van der Waals surface area contributed by atoms with Crippen molar-refractivity contribution in [1.29, 1.82) is 0 Å². The Morgan fingerprint density at radius 3 is 0.922 bits per heavy atom. The van der Waals surface area contributed by atoms with Gasteiger partial charge >= 0.3 is 0 Å². The predicted molar refractivity (Wildman–Crippen MR) is 473 cm³/mol. The maximum absolute atomic E-state index is 6.44. The van der Waals surface area contributed by atoms with Gasteiger partial charge in [0.05, 0.1) is 50.8 Å². The molecule has 0 N–H and O–H groups in total. The van der Waals surface area contributed by atoms with Gasteiger partial charge in [-0.15, -0.1) is 0 Å². The number of aromatic nitrogens is 6. The van der Waals surface area contributed by atoms with Gasteiger partial charge in [-0.2, -0.15) is 0 Å². The fraction of sp³-hybridized carbons (Fsp3) is 0. The van der Waals surface area contributed by atoms with Crippen molar-refractivity contribution in [2.75, 3.05) is 0 Å². The smallest absolute Gasteiger partial charge is 0.164 e. The molecule has 0 atom stereocenters. The molecule has 8 heterocycles. The molecular formula is C106H62N6O4. The number of hydrogen-bond donors (Lipinski definition) is 0. The normalized spacial score (nSPS) is 11.8. The van der Waals surface area contributed by atoms with Gasteiger partial charge in [-0.1, -0.05) is 303 Å². The highest BCUT2D eigenvalue weighted by Gasteiger charge is 2.25. The van der Waals surface area contributed by atoms with E-state index in [1.54, 1.807) is 0 Å². The SMILES string of the molecule is c1ccc(-c2cc(-c3ccc(-c4cccc5c4nc(-c4ccccc4)c4ccc6oc7ccccc7c6c45)cc3)nc(-c3cccc4c3oc3ccccc34)n2)cc1.c1ccc(-c2cc(-c3ccc(-c4cccc5c4nc(-c4ccccc4)c4ccc6oc7ccccc7c6c45)cc3)nc(-c3cccc4oc5ccccc5c34)n2)cc1. The van der Waals surface area contributed by atoms with E-state index >= 15 is 0 Å². The highest BCUT2D eigenvalue weighted by molar-refractivity contribution is 6.31. The van der Waals surface area contributed by atoms with Crippen LogP contribution in [0.1, 0.15) is 0 Å². The lowest BCUT2D eigenvalue weighted by atomic mass is 9.93. The van der Waals surface area contributed by atoms with Crippen molar-refractivity contribution < 1.29 is 17.7 Å². The Hall–Kier alpha value is -15.8. The minimum absolute atomic E-state index is 0.613. The maximum Gasteiger partial charge on any atom is 0.164 e. The summed E-state index contributed by atoms with van der Waals surface area (Å²) in [5.74, 6) is 1.26. The first-order chi connectivity index (χ1) is 57.5. The van der Waals surface area contributed by atoms with Gasteiger partial charge in [-0.05, 0) is 83.9 Å². The van der Waals surface area contributed by atoms with E-state index in [1.807, 2.05) is 127 Å². The second-order valence-electron chi connectivity index (χ2n) is 29.3. The quantitative estimate of drug-likeness (QED) is 0.122. The van der Waals surface area contributed by atoms with Gasteiger partial charge in [0.1, 0.15) is 44.7 Å². The molecule has 0 aliphatic rings. The molecule has 116 heavy (non-hydrogen) atoms. The van der Waals surface area contributed by atoms with Crippen molar-refractivity contribution in [2.45, 2.75) is 0 Å². The van der Waals surface area contributed by atoms with Crippen LogP contribution in [-0.4, -0.2) is 29.9 Å². The average Bonchev–Trinajstić information content (AvgIpc) is 1.31. The summed E-state index contributed by atoms with van der Waals surface area (Å²) in [5, 5.41) is 15.2. The van der Waals surface area contributed by atoms with Crippen LogP contribution < -0.4 is 0 Å². The Morgan fingerprint density at radius 1 is 0.164 bits per heavy atom. The van der Waals surface area contributed by atoms with Gasteiger partial charge in [-0.3, -0.25) is 0 Å². The lowest BCUT2D eigenvalue weighted by Crippen LogP contribution is -1.96. The van der Waals surface area contributed by atoms with Crippen LogP contribution in [0.3, 0.4) is 0 Å². The third kappa shape index (κ3) is 11.0. The van der Waals surface area contributed by atoms with E-state index in [-0.39, 0.29) is 0 Å². The van der Waals surface area contributed by atoms with Crippen LogP contribution in [0.4, 0.5) is 0 Å². The van der Waals surface area contributed by atoms with Crippen LogP contribution in [0, 0.1) is 0 Å². The molecule has 0 amide bonds. The standard InChI is InChI=1S/2C53H31N3O2/c1-3-13-33(14-4-1)43-31-44(55-53(54-43)42-22-12-20-38-37-17-7-9-23-45(37)58-52(38)42)34-27-25-32(26-28-34)36-19-11-21-40-48-41(50(56-51(36)40)35-15-5-2-6-16-35)29-30-47-49(48)39-18-8-10-24-46(39)57-47;1-3-13-33(14-4-1)42-31-43(55-53(54-42)41-21-12-24-46-48(41)37-17-7-9-22-44(37)57-46)34-27-25-32(26-28-34)36-19-11-20-39-49-40(51(56-52(36)39)35-15-5-2-6-16-35)29-30-47-50(49)38-18-8-10-23-45(38)58-47/h2*1-31H. The lowest BCUT2D eigenvalue weighted by Gasteiger charge is -2.14. The summed E-state index contributed by atoms with van der Waals surface area (Å²) in [6.45, 7) is 0. The first kappa shape index (κ1) is 66.0. The first-order valence-electron chi connectivity index (χ1n) is 38.9. The minimum atomic E-state index is 0.613. The molecule has 0 aliphatic carbocycles. The summed E-state index contributed by atoms with van der Waals surface area (Å²) in [5.41, 5.74) is 26.1. The zero-order valence-electron chi connectivity index (χ0n) is 62.1. The molecule has 0 saturated carbocycles. The van der Waals surface area contributed by atoms with E-state index in [0.717, 1.165) is 232 Å². The number of rotatable bonds is 10. The number of nitrogens with zero attached hydrogens (tertiary/aromatic N) is 6. The van der Waals surface area contributed by atoms with Crippen molar-refractivity contribution in [3.8, 4) is 113 Å². The minimum Gasteiger partial charge on any atom is -0.456 e. The molecule has 0 unspecified atom stereocenters. The largest absolute Gasteiger partial charge is 0.456 e. The molecule has 24 rings (SSSR count). The van der Waals surface area contributed by atoms with Gasteiger partial charge in [0, 0.05) is 125 Å². The molecule has 8 aromatic heterocycles. The van der Waals surface area contributed by atoms with Crippen LogP contribution in [0.15, 0.2) is 394 Å². The lowest BCUT2D eigenvalue weighted by molar-refractivity contribution is 0.668. The topological polar surface area (TPSA) is 130 Å². The molecule has 0 bridgehead atoms. The van der Waals surface area contributed by atoms with Crippen molar-refractivity contribution in [2.24, 2.45) is 0 Å². The Bertz CT molecular complexity index is 8050. The highest BCUT2D eigenvalue weighted by atomic mass is 16.3. The molecule has 0 aliphatic heterocycles. The van der Waals surface area contributed by atoms with Crippen molar-refractivity contribution >= 4 is 131 Å². The number of fused-ring (bicyclic) bond motifs is 20. The fourth-order valence-electron chi connectivity index (χ4n) is 17.2. The van der Waals surface area contributed by atoms with Crippen LogP contribution in [0.5, 0.6) is 0 Å². The number of hydrogen-bond acceptors (Lipinski definition) is 10. The Morgan fingerprint density at radius 2 is 0.474 bits per heavy atom. The van der Waals surface area contributed by atoms with Crippen LogP contribution in [-0.2, 0) is 0 Å². The molecule has 0 saturated heterocycles.